The zero-order valence-electron chi connectivity index (χ0n) is 20.4. The second-order valence-electron chi connectivity index (χ2n) is 8.43. The first-order valence-corrected chi connectivity index (χ1v) is 12.4. The highest BCUT2D eigenvalue weighted by molar-refractivity contribution is 5.70. The minimum Gasteiger partial charge on any atom is -0.490 e. The SMILES string of the molecule is CCCCCCOc1ccc(-c2ccc(-c3nc(N)nc(N)n3)cc2)cc1OCCCCCC. The Bertz CT molecular complexity index is 1000. The van der Waals surface area contributed by atoms with E-state index in [1.54, 1.807) is 0 Å². The van der Waals surface area contributed by atoms with Crippen molar-refractivity contribution in [1.29, 1.82) is 0 Å². The van der Waals surface area contributed by atoms with E-state index in [9.17, 15) is 0 Å². The van der Waals surface area contributed by atoms with Crippen LogP contribution in [0.2, 0.25) is 0 Å². The Morgan fingerprint density at radius 1 is 0.588 bits per heavy atom. The molecule has 0 saturated heterocycles. The Morgan fingerprint density at radius 3 is 1.71 bits per heavy atom. The third-order valence-electron chi connectivity index (χ3n) is 5.60. The number of benzene rings is 2. The molecule has 7 nitrogen and oxygen atoms in total. The fourth-order valence-corrected chi connectivity index (χ4v) is 3.69. The van der Waals surface area contributed by atoms with Gasteiger partial charge in [0.05, 0.1) is 13.2 Å². The summed E-state index contributed by atoms with van der Waals surface area (Å²) in [6, 6.07) is 14.1. The molecule has 3 rings (SSSR count). The summed E-state index contributed by atoms with van der Waals surface area (Å²) in [4.78, 5) is 12.2. The van der Waals surface area contributed by atoms with Crippen LogP contribution >= 0.6 is 0 Å². The fourth-order valence-electron chi connectivity index (χ4n) is 3.69. The summed E-state index contributed by atoms with van der Waals surface area (Å²) in [7, 11) is 0. The van der Waals surface area contributed by atoms with Gasteiger partial charge < -0.3 is 20.9 Å². The Morgan fingerprint density at radius 2 is 1.12 bits per heavy atom. The highest BCUT2D eigenvalue weighted by atomic mass is 16.5. The molecule has 0 aliphatic rings. The Labute approximate surface area is 202 Å². The molecule has 4 N–H and O–H groups in total. The quantitative estimate of drug-likeness (QED) is 0.270. The van der Waals surface area contributed by atoms with Gasteiger partial charge in [0.15, 0.2) is 17.3 Å². The maximum absolute atomic E-state index is 6.16. The Hall–Kier alpha value is -3.35. The van der Waals surface area contributed by atoms with Crippen LogP contribution in [-0.2, 0) is 0 Å². The molecule has 0 bridgehead atoms. The van der Waals surface area contributed by atoms with Gasteiger partial charge in [-0.25, -0.2) is 0 Å². The molecule has 7 heteroatoms. The van der Waals surface area contributed by atoms with Gasteiger partial charge in [0, 0.05) is 5.56 Å². The summed E-state index contributed by atoms with van der Waals surface area (Å²) in [5, 5.41) is 0. The number of nitrogens with two attached hydrogens (primary N) is 2. The molecule has 0 atom stereocenters. The zero-order chi connectivity index (χ0) is 24.2. The number of nitrogens with zero attached hydrogens (tertiary/aromatic N) is 3. The van der Waals surface area contributed by atoms with E-state index in [4.69, 9.17) is 20.9 Å². The first-order chi connectivity index (χ1) is 16.6. The minimum atomic E-state index is 0.109. The highest BCUT2D eigenvalue weighted by Gasteiger charge is 2.10. The van der Waals surface area contributed by atoms with Crippen molar-refractivity contribution >= 4 is 11.9 Å². The molecule has 1 aromatic heterocycles. The molecule has 182 valence electrons. The first-order valence-electron chi connectivity index (χ1n) is 12.4. The lowest BCUT2D eigenvalue weighted by Crippen LogP contribution is -2.04. The molecule has 3 aromatic rings. The Kier molecular flexibility index (Phi) is 9.95. The number of hydrogen-bond acceptors (Lipinski definition) is 7. The molecular weight excluding hydrogens is 426 g/mol. The van der Waals surface area contributed by atoms with Crippen molar-refractivity contribution in [2.45, 2.75) is 65.2 Å². The molecule has 0 spiro atoms. The number of unbranched alkanes of at least 4 members (excludes halogenated alkanes) is 6. The lowest BCUT2D eigenvalue weighted by molar-refractivity contribution is 0.259. The van der Waals surface area contributed by atoms with Crippen LogP contribution in [0.5, 0.6) is 11.5 Å². The average molecular weight is 464 g/mol. The van der Waals surface area contributed by atoms with E-state index in [-0.39, 0.29) is 11.9 Å². The standard InChI is InChI=1S/C27H37N5O2/c1-3-5-7-9-17-33-23-16-15-22(19-24(23)34-18-10-8-6-4-2)20-11-13-21(14-12-20)25-30-26(28)32-27(29)31-25/h11-16,19H,3-10,17-18H2,1-2H3,(H4,28,29,30,31,32). The van der Waals surface area contributed by atoms with Gasteiger partial charge >= 0.3 is 0 Å². The molecule has 0 unspecified atom stereocenters. The third-order valence-corrected chi connectivity index (χ3v) is 5.60. The molecule has 0 radical (unpaired) electrons. The van der Waals surface area contributed by atoms with Crippen LogP contribution in [0.4, 0.5) is 11.9 Å². The molecule has 0 fully saturated rings. The number of hydrogen-bond donors (Lipinski definition) is 2. The molecule has 0 amide bonds. The van der Waals surface area contributed by atoms with Gasteiger partial charge in [-0.1, -0.05) is 82.7 Å². The van der Waals surface area contributed by atoms with Gasteiger partial charge in [0.2, 0.25) is 11.9 Å². The summed E-state index contributed by atoms with van der Waals surface area (Å²) >= 11 is 0. The maximum atomic E-state index is 6.16. The smallest absolute Gasteiger partial charge is 0.225 e. The summed E-state index contributed by atoms with van der Waals surface area (Å²) < 4.78 is 12.2. The van der Waals surface area contributed by atoms with Crippen molar-refractivity contribution in [2.75, 3.05) is 24.7 Å². The van der Waals surface area contributed by atoms with Gasteiger partial charge in [0.25, 0.3) is 0 Å². The van der Waals surface area contributed by atoms with Gasteiger partial charge in [-0.3, -0.25) is 0 Å². The van der Waals surface area contributed by atoms with Crippen LogP contribution in [0, 0.1) is 0 Å². The van der Waals surface area contributed by atoms with Crippen LogP contribution in [0.25, 0.3) is 22.5 Å². The first kappa shape index (κ1) is 25.3. The molecule has 0 saturated carbocycles. The van der Waals surface area contributed by atoms with Crippen LogP contribution in [-0.4, -0.2) is 28.2 Å². The van der Waals surface area contributed by atoms with E-state index in [2.05, 4.69) is 40.9 Å². The summed E-state index contributed by atoms with van der Waals surface area (Å²) in [6.07, 6.45) is 9.36. The number of aromatic nitrogens is 3. The predicted octanol–water partition coefficient (Wildman–Crippen LogP) is 6.29. The van der Waals surface area contributed by atoms with E-state index in [1.807, 2.05) is 30.3 Å². The molecule has 1 heterocycles. The largest absolute Gasteiger partial charge is 0.490 e. The highest BCUT2D eigenvalue weighted by Crippen LogP contribution is 2.34. The third kappa shape index (κ3) is 7.61. The molecule has 0 aliphatic heterocycles. The van der Waals surface area contributed by atoms with Crippen molar-refractivity contribution in [3.63, 3.8) is 0 Å². The predicted molar refractivity (Wildman–Crippen MR) is 139 cm³/mol. The van der Waals surface area contributed by atoms with Crippen LogP contribution in [0.3, 0.4) is 0 Å². The lowest BCUT2D eigenvalue weighted by atomic mass is 10.0. The van der Waals surface area contributed by atoms with E-state index in [1.165, 1.54) is 38.5 Å². The number of nitrogen functional groups attached to an aromatic ring is 2. The van der Waals surface area contributed by atoms with Crippen molar-refractivity contribution in [3.8, 4) is 34.0 Å². The van der Waals surface area contributed by atoms with E-state index in [0.717, 1.165) is 41.0 Å². The van der Waals surface area contributed by atoms with E-state index < -0.39 is 0 Å². The molecule has 0 aliphatic carbocycles. The zero-order valence-corrected chi connectivity index (χ0v) is 20.4. The summed E-state index contributed by atoms with van der Waals surface area (Å²) in [5.74, 6) is 2.28. The van der Waals surface area contributed by atoms with Gasteiger partial charge in [-0.15, -0.1) is 0 Å². The topological polar surface area (TPSA) is 109 Å². The second kappa shape index (κ2) is 13.4. The van der Waals surface area contributed by atoms with Gasteiger partial charge in [0.1, 0.15) is 0 Å². The van der Waals surface area contributed by atoms with Crippen molar-refractivity contribution in [1.82, 2.24) is 15.0 Å². The number of rotatable bonds is 14. The van der Waals surface area contributed by atoms with Crippen LogP contribution < -0.4 is 20.9 Å². The summed E-state index contributed by atoms with van der Waals surface area (Å²) in [5.41, 5.74) is 14.4. The summed E-state index contributed by atoms with van der Waals surface area (Å²) in [6.45, 7) is 5.83. The molecule has 2 aromatic carbocycles. The normalized spacial score (nSPS) is 10.9. The van der Waals surface area contributed by atoms with Crippen molar-refractivity contribution in [2.24, 2.45) is 0 Å². The molecular formula is C27H37N5O2. The second-order valence-corrected chi connectivity index (χ2v) is 8.43. The van der Waals surface area contributed by atoms with Crippen LogP contribution in [0.15, 0.2) is 42.5 Å². The fraction of sp³-hybridized carbons (Fsp3) is 0.444. The van der Waals surface area contributed by atoms with E-state index >= 15 is 0 Å². The maximum Gasteiger partial charge on any atom is 0.225 e. The van der Waals surface area contributed by atoms with Crippen LogP contribution in [0.1, 0.15) is 65.2 Å². The van der Waals surface area contributed by atoms with E-state index in [0.29, 0.717) is 19.0 Å². The van der Waals surface area contributed by atoms with Crippen molar-refractivity contribution in [3.05, 3.63) is 42.5 Å². The van der Waals surface area contributed by atoms with Gasteiger partial charge in [-0.05, 0) is 36.1 Å². The molecule has 34 heavy (non-hydrogen) atoms. The lowest BCUT2D eigenvalue weighted by Gasteiger charge is -2.15. The number of anilines is 2. The minimum absolute atomic E-state index is 0.109. The number of ether oxygens (including phenoxy) is 2. The average Bonchev–Trinajstić information content (AvgIpc) is 2.84. The van der Waals surface area contributed by atoms with Gasteiger partial charge in [-0.2, -0.15) is 15.0 Å². The van der Waals surface area contributed by atoms with Crippen molar-refractivity contribution < 1.29 is 9.47 Å². The monoisotopic (exact) mass is 463 g/mol. The Balaban J connectivity index is 1.75.